The van der Waals surface area contributed by atoms with Gasteiger partial charge in [-0.1, -0.05) is 200 Å². The largest absolute Gasteiger partial charge is 0.456 e. The van der Waals surface area contributed by atoms with E-state index in [-0.39, 0.29) is 0 Å². The number of benzene rings is 15. The van der Waals surface area contributed by atoms with Gasteiger partial charge in [-0.15, -0.1) is 0 Å². The van der Waals surface area contributed by atoms with Crippen molar-refractivity contribution in [2.45, 2.75) is 0 Å². The highest BCUT2D eigenvalue weighted by Crippen LogP contribution is 2.46. The van der Waals surface area contributed by atoms with Crippen LogP contribution in [0.5, 0.6) is 0 Å². The van der Waals surface area contributed by atoms with Gasteiger partial charge in [0.05, 0.1) is 44.1 Å². The summed E-state index contributed by atoms with van der Waals surface area (Å²) in [4.78, 5) is 0. The fourth-order valence-electron chi connectivity index (χ4n) is 15.3. The summed E-state index contributed by atoms with van der Waals surface area (Å²) in [7, 11) is 0. The summed E-state index contributed by atoms with van der Waals surface area (Å²) in [6.45, 7) is 0. The normalized spacial score (nSPS) is 12.0. The molecule has 0 radical (unpaired) electrons. The second-order valence-electron chi connectivity index (χ2n) is 24.8. The maximum absolute atomic E-state index is 6.57. The van der Waals surface area contributed by atoms with E-state index in [0.717, 1.165) is 77.7 Å². The number of rotatable bonds is 6. The molecular formula is C88H54N4O2. The monoisotopic (exact) mass is 1200 g/mol. The molecule has 6 aromatic heterocycles. The van der Waals surface area contributed by atoms with Crippen LogP contribution in [-0.4, -0.2) is 18.3 Å². The zero-order valence-corrected chi connectivity index (χ0v) is 50.8. The molecule has 0 saturated carbocycles. The summed E-state index contributed by atoms with van der Waals surface area (Å²) < 4.78 is 22.6. The van der Waals surface area contributed by atoms with Crippen LogP contribution in [-0.2, 0) is 0 Å². The maximum Gasteiger partial charge on any atom is 0.136 e. The molecule has 0 bridgehead atoms. The Hall–Kier alpha value is -12.6. The average molecular weight is 1200 g/mol. The highest BCUT2D eigenvalue weighted by atomic mass is 16.3. The smallest absolute Gasteiger partial charge is 0.136 e. The standard InChI is InChI=1S/C48H30N2O.C40H24N2O/c1-4-13-31(14-5-1)33-17-12-20-36(25-33)50-43-22-11-10-21-37(43)38-27-39-40-29-48-42(41-26-34(23-24-47(41)51-48)32-15-6-2-7-16-32)28-44(40)49(46(39)30-45(38)50)35-18-8-3-9-19-35;1-2-12-27(13-3-1)41-36-22-34-30-15-7-9-17-39(30)43-40(34)23-33(36)32-21-31-29-14-6-8-16-35(29)42(37(31)24-38(32)41)28-19-18-25-10-4-5-11-26(25)20-28/h1-30H;1-24H. The molecule has 0 amide bonds. The van der Waals surface area contributed by atoms with Gasteiger partial charge in [-0.25, -0.2) is 0 Å². The van der Waals surface area contributed by atoms with Crippen molar-refractivity contribution >= 4 is 142 Å². The van der Waals surface area contributed by atoms with Gasteiger partial charge in [0.15, 0.2) is 0 Å². The Bertz CT molecular complexity index is 6640. The van der Waals surface area contributed by atoms with E-state index in [1.807, 2.05) is 6.07 Å². The first-order chi connectivity index (χ1) is 46.6. The van der Waals surface area contributed by atoms with Gasteiger partial charge in [-0.3, -0.25) is 0 Å². The van der Waals surface area contributed by atoms with E-state index < -0.39 is 0 Å². The van der Waals surface area contributed by atoms with Crippen molar-refractivity contribution in [1.82, 2.24) is 18.3 Å². The lowest BCUT2D eigenvalue weighted by Crippen LogP contribution is -1.96. The number of aromatic nitrogens is 4. The van der Waals surface area contributed by atoms with Crippen LogP contribution >= 0.6 is 0 Å². The molecule has 0 saturated heterocycles. The Balaban J connectivity index is 0.000000131. The number of para-hydroxylation sites is 5. The predicted molar refractivity (Wildman–Crippen MR) is 393 cm³/mol. The summed E-state index contributed by atoms with van der Waals surface area (Å²) in [6.07, 6.45) is 0. The van der Waals surface area contributed by atoms with Crippen LogP contribution in [0.1, 0.15) is 0 Å². The molecule has 0 aliphatic heterocycles. The number of hydrogen-bond acceptors (Lipinski definition) is 2. The van der Waals surface area contributed by atoms with Crippen LogP contribution < -0.4 is 0 Å². The summed E-state index contributed by atoms with van der Waals surface area (Å²) in [5.41, 5.74) is 22.4. The molecule has 0 aliphatic carbocycles. The van der Waals surface area contributed by atoms with E-state index in [2.05, 4.69) is 340 Å². The molecule has 0 fully saturated rings. The summed E-state index contributed by atoms with van der Waals surface area (Å²) in [5, 5.41) is 16.7. The molecule has 6 heteroatoms. The van der Waals surface area contributed by atoms with Gasteiger partial charge in [0.1, 0.15) is 22.3 Å². The van der Waals surface area contributed by atoms with Gasteiger partial charge in [0.25, 0.3) is 0 Å². The number of fused-ring (bicyclic) bond motifs is 19. The van der Waals surface area contributed by atoms with Gasteiger partial charge in [-0.2, -0.15) is 0 Å². The van der Waals surface area contributed by atoms with Crippen molar-refractivity contribution in [1.29, 1.82) is 0 Å². The lowest BCUT2D eigenvalue weighted by molar-refractivity contribution is 0.669. The zero-order chi connectivity index (χ0) is 61.5. The molecule has 94 heavy (non-hydrogen) atoms. The van der Waals surface area contributed by atoms with Crippen molar-refractivity contribution < 1.29 is 8.83 Å². The maximum atomic E-state index is 6.57. The third-order valence-corrected chi connectivity index (χ3v) is 19.5. The van der Waals surface area contributed by atoms with E-state index in [9.17, 15) is 0 Å². The minimum atomic E-state index is 0.898. The lowest BCUT2D eigenvalue weighted by atomic mass is 10.0. The minimum absolute atomic E-state index is 0.898. The molecular weight excluding hydrogens is 1140 g/mol. The van der Waals surface area contributed by atoms with Crippen molar-refractivity contribution in [2.75, 3.05) is 0 Å². The average Bonchev–Trinajstić information content (AvgIpc) is 1.56. The quantitative estimate of drug-likeness (QED) is 0.167. The highest BCUT2D eigenvalue weighted by molar-refractivity contribution is 6.24. The molecule has 21 rings (SSSR count). The summed E-state index contributed by atoms with van der Waals surface area (Å²) in [5.74, 6) is 0. The number of nitrogens with zero attached hydrogens (tertiary/aromatic N) is 4. The summed E-state index contributed by atoms with van der Waals surface area (Å²) >= 11 is 0. The van der Waals surface area contributed by atoms with Gasteiger partial charge < -0.3 is 27.1 Å². The molecule has 21 aromatic rings. The molecule has 6 nitrogen and oxygen atoms in total. The Morgan fingerprint density at radius 1 is 0.160 bits per heavy atom. The second-order valence-corrected chi connectivity index (χ2v) is 24.8. The molecule has 0 N–H and O–H groups in total. The highest BCUT2D eigenvalue weighted by Gasteiger charge is 2.24. The molecule has 15 aromatic carbocycles. The van der Waals surface area contributed by atoms with Crippen LogP contribution in [0.15, 0.2) is 336 Å². The van der Waals surface area contributed by atoms with Crippen LogP contribution in [0.2, 0.25) is 0 Å². The van der Waals surface area contributed by atoms with Crippen molar-refractivity contribution in [3.63, 3.8) is 0 Å². The molecule has 6 heterocycles. The number of furan rings is 2. The van der Waals surface area contributed by atoms with Crippen LogP contribution in [0.3, 0.4) is 0 Å². The molecule has 0 unspecified atom stereocenters. The van der Waals surface area contributed by atoms with Crippen molar-refractivity contribution in [3.8, 4) is 45.0 Å². The molecule has 0 aliphatic rings. The Labute approximate surface area is 538 Å². The Morgan fingerprint density at radius 2 is 0.543 bits per heavy atom. The van der Waals surface area contributed by atoms with E-state index in [4.69, 9.17) is 8.83 Å². The van der Waals surface area contributed by atoms with E-state index in [1.165, 1.54) is 109 Å². The summed E-state index contributed by atoms with van der Waals surface area (Å²) in [6, 6.07) is 118. The fraction of sp³-hybridized carbons (Fsp3) is 0. The SMILES string of the molecule is c1ccc(-c2cccc(-n3c4ccccc4c4cc5c6cc7oc8ccc(-c9ccccc9)cc8c7cc6n(-c6ccccc6)c5cc43)c2)cc1.c1ccc(-n2c3cc4c(cc3c3cc5c6ccccc6n(-c6ccc7ccccc7c6)c5cc32)oc2ccccc24)cc1. The second kappa shape index (κ2) is 20.4. The van der Waals surface area contributed by atoms with Crippen LogP contribution in [0.25, 0.3) is 187 Å². The first-order valence-electron chi connectivity index (χ1n) is 32.1. The third-order valence-electron chi connectivity index (χ3n) is 19.5. The third kappa shape index (κ3) is 7.96. The number of hydrogen-bond donors (Lipinski definition) is 0. The molecule has 0 atom stereocenters. The van der Waals surface area contributed by atoms with Gasteiger partial charge in [0, 0.05) is 87.4 Å². The molecule has 438 valence electrons. The van der Waals surface area contributed by atoms with Crippen LogP contribution in [0.4, 0.5) is 0 Å². The van der Waals surface area contributed by atoms with Crippen molar-refractivity contribution in [2.24, 2.45) is 0 Å². The first-order valence-corrected chi connectivity index (χ1v) is 32.1. The first kappa shape index (κ1) is 52.2. The van der Waals surface area contributed by atoms with Gasteiger partial charge >= 0.3 is 0 Å². The zero-order valence-electron chi connectivity index (χ0n) is 50.8. The van der Waals surface area contributed by atoms with E-state index >= 15 is 0 Å². The minimum Gasteiger partial charge on any atom is -0.456 e. The van der Waals surface area contributed by atoms with Gasteiger partial charge in [-0.05, 0) is 160 Å². The fourth-order valence-corrected chi connectivity index (χ4v) is 15.3. The van der Waals surface area contributed by atoms with Gasteiger partial charge in [0.2, 0.25) is 0 Å². The lowest BCUT2D eigenvalue weighted by Gasteiger charge is -2.11. The predicted octanol–water partition coefficient (Wildman–Crippen LogP) is 24.0. The van der Waals surface area contributed by atoms with Crippen LogP contribution in [0, 0.1) is 0 Å². The Kier molecular flexibility index (Phi) is 11.3. The Morgan fingerprint density at radius 3 is 1.12 bits per heavy atom. The molecule has 0 spiro atoms. The van der Waals surface area contributed by atoms with E-state index in [0.29, 0.717) is 0 Å². The van der Waals surface area contributed by atoms with Crippen molar-refractivity contribution in [3.05, 3.63) is 328 Å². The van der Waals surface area contributed by atoms with E-state index in [1.54, 1.807) is 0 Å². The topological polar surface area (TPSA) is 46.0 Å².